The Hall–Kier alpha value is -0.780. The van der Waals surface area contributed by atoms with Crippen LogP contribution in [0.15, 0.2) is 16.6 Å². The van der Waals surface area contributed by atoms with E-state index >= 15 is 0 Å². The number of rotatable bonds is 10. The highest BCUT2D eigenvalue weighted by molar-refractivity contribution is 9.10. The van der Waals surface area contributed by atoms with Crippen LogP contribution in [0, 0.1) is 5.92 Å². The van der Waals surface area contributed by atoms with Gasteiger partial charge in [-0.15, -0.1) is 0 Å². The predicted molar refractivity (Wildman–Crippen MR) is 86.9 cm³/mol. The van der Waals surface area contributed by atoms with E-state index in [0.29, 0.717) is 12.4 Å². The largest absolute Gasteiger partial charge is 0.490 e. The second-order valence-electron chi connectivity index (χ2n) is 5.19. The van der Waals surface area contributed by atoms with Crippen molar-refractivity contribution in [3.05, 3.63) is 22.2 Å². The molecule has 0 heterocycles. The Labute approximate surface area is 135 Å². The third kappa shape index (κ3) is 5.49. The summed E-state index contributed by atoms with van der Waals surface area (Å²) in [5.41, 5.74) is 1.17. The molecule has 0 unspecified atom stereocenters. The van der Waals surface area contributed by atoms with E-state index in [4.69, 9.17) is 14.2 Å². The van der Waals surface area contributed by atoms with Crippen LogP contribution in [0.25, 0.3) is 0 Å². The van der Waals surface area contributed by atoms with E-state index in [1.807, 2.05) is 13.0 Å². The van der Waals surface area contributed by atoms with Crippen LogP contribution in [0.1, 0.15) is 32.3 Å². The van der Waals surface area contributed by atoms with Crippen LogP contribution in [0.5, 0.6) is 11.5 Å². The summed E-state index contributed by atoms with van der Waals surface area (Å²) >= 11 is 3.56. The molecule has 0 amide bonds. The predicted octanol–water partition coefficient (Wildman–Crippen LogP) is 3.72. The van der Waals surface area contributed by atoms with Crippen LogP contribution in [-0.4, -0.2) is 26.6 Å². The van der Waals surface area contributed by atoms with Crippen molar-refractivity contribution < 1.29 is 14.2 Å². The average Bonchev–Trinajstić information content (AvgIpc) is 3.28. The Morgan fingerprint density at radius 2 is 2.05 bits per heavy atom. The summed E-state index contributed by atoms with van der Waals surface area (Å²) in [6.45, 7) is 7.48. The lowest BCUT2D eigenvalue weighted by molar-refractivity contribution is 0.00795. The second kappa shape index (κ2) is 8.61. The summed E-state index contributed by atoms with van der Waals surface area (Å²) < 4.78 is 17.9. The van der Waals surface area contributed by atoms with Gasteiger partial charge in [0.15, 0.2) is 18.3 Å². The van der Waals surface area contributed by atoms with Gasteiger partial charge in [-0.3, -0.25) is 0 Å². The van der Waals surface area contributed by atoms with E-state index in [0.717, 1.165) is 35.8 Å². The lowest BCUT2D eigenvalue weighted by atomic mass is 10.2. The molecule has 0 radical (unpaired) electrons. The molecule has 118 valence electrons. The first-order valence-corrected chi connectivity index (χ1v) is 8.40. The highest BCUT2D eigenvalue weighted by Crippen LogP contribution is 2.37. The molecule has 0 bridgehead atoms. The molecule has 1 aromatic carbocycles. The molecule has 4 nitrogen and oxygen atoms in total. The summed E-state index contributed by atoms with van der Waals surface area (Å²) in [6.07, 6.45) is 2.57. The van der Waals surface area contributed by atoms with Crippen molar-refractivity contribution in [2.75, 3.05) is 26.6 Å². The molecule has 0 spiro atoms. The zero-order chi connectivity index (χ0) is 15.1. The Bertz CT molecular complexity index is 449. The molecular weight excluding hydrogens is 334 g/mol. The molecule has 21 heavy (non-hydrogen) atoms. The summed E-state index contributed by atoms with van der Waals surface area (Å²) in [5.74, 6) is 2.22. The van der Waals surface area contributed by atoms with Gasteiger partial charge in [0.1, 0.15) is 0 Å². The fourth-order valence-electron chi connectivity index (χ4n) is 2.00. The highest BCUT2D eigenvalue weighted by atomic mass is 79.9. The number of hydrogen-bond acceptors (Lipinski definition) is 4. The Morgan fingerprint density at radius 3 is 2.71 bits per heavy atom. The molecule has 0 aromatic heterocycles. The van der Waals surface area contributed by atoms with Gasteiger partial charge >= 0.3 is 0 Å². The van der Waals surface area contributed by atoms with Gasteiger partial charge in [0, 0.05) is 6.54 Å². The first-order valence-electron chi connectivity index (χ1n) is 7.61. The molecule has 1 aromatic rings. The Balaban J connectivity index is 1.98. The third-order valence-corrected chi connectivity index (χ3v) is 3.87. The number of hydrogen-bond donors (Lipinski definition) is 1. The van der Waals surface area contributed by atoms with Crippen molar-refractivity contribution in [1.29, 1.82) is 0 Å². The minimum Gasteiger partial charge on any atom is -0.490 e. The van der Waals surface area contributed by atoms with Gasteiger partial charge in [0.25, 0.3) is 0 Å². The number of ether oxygens (including phenoxy) is 3. The number of benzene rings is 1. The smallest absolute Gasteiger partial charge is 0.189 e. The molecule has 0 atom stereocenters. The van der Waals surface area contributed by atoms with Crippen LogP contribution < -0.4 is 14.8 Å². The summed E-state index contributed by atoms with van der Waals surface area (Å²) in [4.78, 5) is 0. The van der Waals surface area contributed by atoms with Gasteiger partial charge in [0.05, 0.1) is 17.7 Å². The molecule has 1 aliphatic carbocycles. The standard InChI is InChI=1S/C16H24BrNO3/c1-3-18-9-13-7-14(17)16(15(8-13)20-4-2)21-11-19-10-12-5-6-12/h7-8,12,18H,3-6,9-11H2,1-2H3. The molecule has 5 heteroatoms. The van der Waals surface area contributed by atoms with Gasteiger partial charge in [-0.1, -0.05) is 6.92 Å². The van der Waals surface area contributed by atoms with Gasteiger partial charge in [-0.05, 0) is 65.9 Å². The lowest BCUT2D eigenvalue weighted by Crippen LogP contribution is -2.12. The molecule has 1 N–H and O–H groups in total. The molecule has 1 fully saturated rings. The summed E-state index contributed by atoms with van der Waals surface area (Å²) in [6, 6.07) is 4.08. The van der Waals surface area contributed by atoms with Crippen LogP contribution in [0.4, 0.5) is 0 Å². The van der Waals surface area contributed by atoms with Gasteiger partial charge in [-0.2, -0.15) is 0 Å². The maximum Gasteiger partial charge on any atom is 0.189 e. The van der Waals surface area contributed by atoms with Crippen molar-refractivity contribution in [2.24, 2.45) is 5.92 Å². The maximum atomic E-state index is 5.74. The minimum absolute atomic E-state index is 0.266. The van der Waals surface area contributed by atoms with Crippen molar-refractivity contribution in [2.45, 2.75) is 33.2 Å². The fourth-order valence-corrected chi connectivity index (χ4v) is 2.60. The van der Waals surface area contributed by atoms with Crippen molar-refractivity contribution in [3.63, 3.8) is 0 Å². The van der Waals surface area contributed by atoms with Crippen LogP contribution in [0.2, 0.25) is 0 Å². The normalized spacial score (nSPS) is 14.2. The van der Waals surface area contributed by atoms with E-state index in [2.05, 4.69) is 34.2 Å². The van der Waals surface area contributed by atoms with Crippen molar-refractivity contribution in [1.82, 2.24) is 5.32 Å². The molecule has 0 saturated heterocycles. The van der Waals surface area contributed by atoms with E-state index < -0.39 is 0 Å². The maximum absolute atomic E-state index is 5.74. The van der Waals surface area contributed by atoms with Gasteiger partial charge in [-0.25, -0.2) is 0 Å². The topological polar surface area (TPSA) is 39.7 Å². The van der Waals surface area contributed by atoms with Crippen molar-refractivity contribution >= 4 is 15.9 Å². The van der Waals surface area contributed by atoms with Crippen LogP contribution >= 0.6 is 15.9 Å². The van der Waals surface area contributed by atoms with Crippen molar-refractivity contribution in [3.8, 4) is 11.5 Å². The first kappa shape index (κ1) is 16.6. The molecule has 1 aliphatic rings. The second-order valence-corrected chi connectivity index (χ2v) is 6.05. The quantitative estimate of drug-likeness (QED) is 0.511. The van der Waals surface area contributed by atoms with E-state index in [1.165, 1.54) is 18.4 Å². The minimum atomic E-state index is 0.266. The average molecular weight is 358 g/mol. The third-order valence-electron chi connectivity index (χ3n) is 3.29. The highest BCUT2D eigenvalue weighted by Gasteiger charge is 2.21. The first-order chi connectivity index (χ1) is 10.2. The van der Waals surface area contributed by atoms with Crippen LogP contribution in [-0.2, 0) is 11.3 Å². The Kier molecular flexibility index (Phi) is 6.80. The Morgan fingerprint density at radius 1 is 1.24 bits per heavy atom. The SMILES string of the molecule is CCNCc1cc(Br)c(OCOCC2CC2)c(OCC)c1. The zero-order valence-electron chi connectivity index (χ0n) is 12.8. The summed E-state index contributed by atoms with van der Waals surface area (Å²) in [7, 11) is 0. The van der Waals surface area contributed by atoms with Gasteiger partial charge in [0.2, 0.25) is 0 Å². The molecule has 0 aliphatic heterocycles. The lowest BCUT2D eigenvalue weighted by Gasteiger charge is -2.15. The van der Waals surface area contributed by atoms with E-state index in [1.54, 1.807) is 0 Å². The monoisotopic (exact) mass is 357 g/mol. The van der Waals surface area contributed by atoms with E-state index in [-0.39, 0.29) is 6.79 Å². The van der Waals surface area contributed by atoms with Crippen LogP contribution in [0.3, 0.4) is 0 Å². The molecule has 1 saturated carbocycles. The summed E-state index contributed by atoms with van der Waals surface area (Å²) in [5, 5.41) is 3.31. The van der Waals surface area contributed by atoms with E-state index in [9.17, 15) is 0 Å². The fraction of sp³-hybridized carbons (Fsp3) is 0.625. The zero-order valence-corrected chi connectivity index (χ0v) is 14.4. The number of nitrogens with one attached hydrogen (secondary N) is 1. The molecule has 2 rings (SSSR count). The molecular formula is C16H24BrNO3. The van der Waals surface area contributed by atoms with Gasteiger partial charge < -0.3 is 19.5 Å². The number of halogens is 1.